The van der Waals surface area contributed by atoms with Gasteiger partial charge in [-0.3, -0.25) is 14.5 Å². The van der Waals surface area contributed by atoms with Gasteiger partial charge in [-0.05, 0) is 26.0 Å². The van der Waals surface area contributed by atoms with Crippen LogP contribution in [0.5, 0.6) is 0 Å². The monoisotopic (exact) mass is 289 g/mol. The molecule has 1 aromatic carbocycles. The summed E-state index contributed by atoms with van der Waals surface area (Å²) in [7, 11) is 0. The number of H-pyrrole nitrogens is 1. The van der Waals surface area contributed by atoms with Gasteiger partial charge < -0.3 is 10.1 Å². The van der Waals surface area contributed by atoms with Gasteiger partial charge in [-0.25, -0.2) is 4.98 Å². The van der Waals surface area contributed by atoms with Crippen LogP contribution < -0.4 is 5.56 Å². The van der Waals surface area contributed by atoms with Crippen LogP contribution in [0.1, 0.15) is 26.0 Å². The summed E-state index contributed by atoms with van der Waals surface area (Å²) in [6.07, 6.45) is 0.0453. The van der Waals surface area contributed by atoms with Crippen LogP contribution in [0.2, 0.25) is 0 Å². The van der Waals surface area contributed by atoms with E-state index in [0.29, 0.717) is 24.3 Å². The number of nitrogens with zero attached hydrogens (tertiary/aromatic N) is 2. The van der Waals surface area contributed by atoms with Crippen molar-refractivity contribution < 1.29 is 9.90 Å². The van der Waals surface area contributed by atoms with E-state index >= 15 is 0 Å². The number of nitrogens with one attached hydrogen (secondary N) is 1. The fourth-order valence-corrected chi connectivity index (χ4v) is 2.13. The zero-order chi connectivity index (χ0) is 15.4. The first-order chi connectivity index (χ1) is 9.97. The fraction of sp³-hybridized carbons (Fsp3) is 0.400. The average molecular weight is 289 g/mol. The first-order valence-electron chi connectivity index (χ1n) is 6.91. The van der Waals surface area contributed by atoms with Crippen molar-refractivity contribution in [1.82, 2.24) is 14.9 Å². The molecule has 0 saturated heterocycles. The van der Waals surface area contributed by atoms with Gasteiger partial charge in [0.2, 0.25) is 0 Å². The number of carbonyl (C=O) groups is 1. The van der Waals surface area contributed by atoms with Gasteiger partial charge in [-0.1, -0.05) is 12.1 Å². The topological polar surface area (TPSA) is 86.3 Å². The van der Waals surface area contributed by atoms with Crippen LogP contribution in [0.3, 0.4) is 0 Å². The maximum absolute atomic E-state index is 12.1. The number of aromatic amines is 1. The molecule has 112 valence electrons. The van der Waals surface area contributed by atoms with Crippen LogP contribution in [0.4, 0.5) is 0 Å². The number of para-hydroxylation sites is 2. The maximum Gasteiger partial charge on any atom is 0.304 e. The first kappa shape index (κ1) is 15.2. The van der Waals surface area contributed by atoms with Gasteiger partial charge in [-0.2, -0.15) is 0 Å². The van der Waals surface area contributed by atoms with Crippen molar-refractivity contribution in [2.75, 3.05) is 6.54 Å². The number of fused-ring (bicyclic) bond motifs is 1. The fourth-order valence-electron chi connectivity index (χ4n) is 2.13. The highest BCUT2D eigenvalue weighted by molar-refractivity contribution is 5.73. The highest BCUT2D eigenvalue weighted by Crippen LogP contribution is 2.09. The van der Waals surface area contributed by atoms with Crippen LogP contribution in [0.25, 0.3) is 11.0 Å². The lowest BCUT2D eigenvalue weighted by Gasteiger charge is -2.25. The molecule has 21 heavy (non-hydrogen) atoms. The highest BCUT2D eigenvalue weighted by Gasteiger charge is 2.15. The number of aromatic nitrogens is 2. The summed E-state index contributed by atoms with van der Waals surface area (Å²) >= 11 is 0. The van der Waals surface area contributed by atoms with E-state index in [1.54, 1.807) is 6.07 Å². The number of aliphatic carboxylic acids is 1. The van der Waals surface area contributed by atoms with Crippen molar-refractivity contribution in [3.63, 3.8) is 0 Å². The van der Waals surface area contributed by atoms with E-state index in [1.807, 2.05) is 36.9 Å². The van der Waals surface area contributed by atoms with Gasteiger partial charge in [0.1, 0.15) is 5.69 Å². The summed E-state index contributed by atoms with van der Waals surface area (Å²) in [5.41, 5.74) is 1.62. The standard InChI is InChI=1S/C15H19N3O3/c1-10(2)18(8-7-14(19)20)9-13-15(21)17-12-6-4-3-5-11(12)16-13/h3-6,10H,7-9H2,1-2H3,(H,17,21)(H,19,20). The van der Waals surface area contributed by atoms with Crippen molar-refractivity contribution >= 4 is 17.0 Å². The molecule has 1 aromatic heterocycles. The minimum absolute atomic E-state index is 0.0453. The Morgan fingerprint density at radius 1 is 1.38 bits per heavy atom. The lowest BCUT2D eigenvalue weighted by molar-refractivity contribution is -0.137. The quantitative estimate of drug-likeness (QED) is 0.843. The van der Waals surface area contributed by atoms with Gasteiger partial charge in [0.15, 0.2) is 0 Å². The second kappa shape index (κ2) is 6.49. The summed E-state index contributed by atoms with van der Waals surface area (Å²) in [6, 6.07) is 7.48. The third kappa shape index (κ3) is 3.88. The molecule has 0 radical (unpaired) electrons. The smallest absolute Gasteiger partial charge is 0.304 e. The lowest BCUT2D eigenvalue weighted by atomic mass is 10.2. The molecule has 0 fully saturated rings. The van der Waals surface area contributed by atoms with Gasteiger partial charge >= 0.3 is 5.97 Å². The summed E-state index contributed by atoms with van der Waals surface area (Å²) in [5, 5.41) is 8.80. The maximum atomic E-state index is 12.1. The van der Waals surface area contributed by atoms with Crippen LogP contribution >= 0.6 is 0 Å². The summed E-state index contributed by atoms with van der Waals surface area (Å²) < 4.78 is 0. The molecule has 0 unspecified atom stereocenters. The van der Waals surface area contributed by atoms with Gasteiger partial charge in [0.05, 0.1) is 17.5 Å². The molecule has 1 heterocycles. The Hall–Kier alpha value is -2.21. The van der Waals surface area contributed by atoms with E-state index in [2.05, 4.69) is 9.97 Å². The Bertz CT molecular complexity index is 694. The van der Waals surface area contributed by atoms with Gasteiger partial charge in [0, 0.05) is 19.1 Å². The molecular weight excluding hydrogens is 270 g/mol. The number of rotatable bonds is 6. The molecule has 2 N–H and O–H groups in total. The van der Waals surface area contributed by atoms with Crippen LogP contribution in [-0.2, 0) is 11.3 Å². The largest absolute Gasteiger partial charge is 0.481 e. The summed E-state index contributed by atoms with van der Waals surface area (Å²) in [5.74, 6) is -0.846. The minimum Gasteiger partial charge on any atom is -0.481 e. The molecular formula is C15H19N3O3. The summed E-state index contributed by atoms with van der Waals surface area (Å²) in [4.78, 5) is 31.9. The van der Waals surface area contributed by atoms with Gasteiger partial charge in [-0.15, -0.1) is 0 Å². The molecule has 2 aromatic rings. The van der Waals surface area contributed by atoms with Crippen LogP contribution in [-0.4, -0.2) is 38.5 Å². The zero-order valence-corrected chi connectivity index (χ0v) is 12.2. The first-order valence-corrected chi connectivity index (χ1v) is 6.91. The van der Waals surface area contributed by atoms with E-state index in [0.717, 1.165) is 5.52 Å². The molecule has 6 heteroatoms. The van der Waals surface area contributed by atoms with Crippen molar-refractivity contribution in [3.05, 3.63) is 40.3 Å². The molecule has 0 atom stereocenters. The van der Waals surface area contributed by atoms with Crippen LogP contribution in [0, 0.1) is 0 Å². The second-order valence-electron chi connectivity index (χ2n) is 5.24. The molecule has 0 bridgehead atoms. The Morgan fingerprint density at radius 3 is 2.76 bits per heavy atom. The Balaban J connectivity index is 2.25. The third-order valence-electron chi connectivity index (χ3n) is 3.37. The minimum atomic E-state index is -0.846. The molecule has 0 aliphatic heterocycles. The highest BCUT2D eigenvalue weighted by atomic mass is 16.4. The van der Waals surface area contributed by atoms with Crippen molar-refractivity contribution in [3.8, 4) is 0 Å². The Morgan fingerprint density at radius 2 is 2.10 bits per heavy atom. The van der Waals surface area contributed by atoms with Crippen molar-refractivity contribution in [2.24, 2.45) is 0 Å². The predicted molar refractivity (Wildman–Crippen MR) is 80.2 cm³/mol. The van der Waals surface area contributed by atoms with E-state index in [4.69, 9.17) is 5.11 Å². The lowest BCUT2D eigenvalue weighted by Crippen LogP contribution is -2.35. The molecule has 2 rings (SSSR count). The normalized spacial score (nSPS) is 11.4. The SMILES string of the molecule is CC(C)N(CCC(=O)O)Cc1nc2ccccc2[nH]c1=O. The molecule has 0 saturated carbocycles. The predicted octanol–water partition coefficient (Wildman–Crippen LogP) is 1.61. The number of hydrogen-bond acceptors (Lipinski definition) is 4. The van der Waals surface area contributed by atoms with Crippen LogP contribution in [0.15, 0.2) is 29.1 Å². The van der Waals surface area contributed by atoms with E-state index in [9.17, 15) is 9.59 Å². The van der Waals surface area contributed by atoms with Crippen molar-refractivity contribution in [1.29, 1.82) is 0 Å². The molecule has 0 aliphatic rings. The third-order valence-corrected chi connectivity index (χ3v) is 3.37. The number of hydrogen-bond donors (Lipinski definition) is 2. The average Bonchev–Trinajstić information content (AvgIpc) is 2.43. The van der Waals surface area contributed by atoms with E-state index < -0.39 is 5.97 Å². The van der Waals surface area contributed by atoms with E-state index in [-0.39, 0.29) is 18.0 Å². The molecule has 0 spiro atoms. The number of benzene rings is 1. The second-order valence-corrected chi connectivity index (χ2v) is 5.24. The number of carboxylic acids is 1. The molecule has 0 amide bonds. The molecule has 0 aliphatic carbocycles. The number of carboxylic acid groups (broad SMARTS) is 1. The Kier molecular flexibility index (Phi) is 4.70. The van der Waals surface area contributed by atoms with E-state index in [1.165, 1.54) is 0 Å². The zero-order valence-electron chi connectivity index (χ0n) is 12.2. The van der Waals surface area contributed by atoms with Crippen molar-refractivity contribution in [2.45, 2.75) is 32.9 Å². The summed E-state index contributed by atoms with van der Waals surface area (Å²) in [6.45, 7) is 4.67. The van der Waals surface area contributed by atoms with Gasteiger partial charge in [0.25, 0.3) is 5.56 Å². The Labute approximate surface area is 122 Å². The molecule has 6 nitrogen and oxygen atoms in total.